The van der Waals surface area contributed by atoms with Gasteiger partial charge < -0.3 is 38.5 Å². The van der Waals surface area contributed by atoms with Crippen LogP contribution in [-0.4, -0.2) is 103 Å². The van der Waals surface area contributed by atoms with Gasteiger partial charge in [0, 0.05) is 80.7 Å². The Balaban J connectivity index is 0.000000852. The molecule has 0 radical (unpaired) electrons. The van der Waals surface area contributed by atoms with Gasteiger partial charge in [0.05, 0.1) is 6.07 Å². The maximum absolute atomic E-state index is 13.4. The lowest BCUT2D eigenvalue weighted by Gasteiger charge is -2.31. The number of allylic oxidation sites excluding steroid dienone is 1. The Morgan fingerprint density at radius 2 is 0.654 bits per heavy atom. The molecule has 408 valence electrons. The summed E-state index contributed by atoms with van der Waals surface area (Å²) in [5.41, 5.74) is 4.68. The van der Waals surface area contributed by atoms with Crippen molar-refractivity contribution in [2.24, 2.45) is 5.41 Å². The molecule has 0 fully saturated rings. The van der Waals surface area contributed by atoms with Crippen LogP contribution in [0.1, 0.15) is 84.6 Å². The van der Waals surface area contributed by atoms with Crippen molar-refractivity contribution < 1.29 is 38.1 Å². The Hall–Kier alpha value is -9.12. The molecule has 0 atom stereocenters. The van der Waals surface area contributed by atoms with E-state index in [0.717, 1.165) is 80.6 Å². The summed E-state index contributed by atoms with van der Waals surface area (Å²) in [4.78, 5) is 60.5. The summed E-state index contributed by atoms with van der Waals surface area (Å²) in [6.45, 7) is 22.5. The number of hydrogen-bond donors (Lipinski definition) is 0. The number of nitriles is 4. The average Bonchev–Trinajstić information content (AvgIpc) is 3.48. The molecule has 4 aromatic carbocycles. The van der Waals surface area contributed by atoms with Crippen LogP contribution >= 0.6 is 0 Å². The van der Waals surface area contributed by atoms with E-state index in [1.54, 1.807) is 36.4 Å². The molecule has 0 aliphatic rings. The van der Waals surface area contributed by atoms with Crippen molar-refractivity contribution in [1.82, 2.24) is 0 Å². The zero-order chi connectivity index (χ0) is 57.5. The minimum absolute atomic E-state index is 0.105. The first kappa shape index (κ1) is 63.2. The molecular formula is C62H72N8O8. The van der Waals surface area contributed by atoms with Gasteiger partial charge in [0.25, 0.3) is 6.47 Å². The Bertz CT molecular complexity index is 2630. The number of benzene rings is 4. The topological polar surface area (TPSA) is 213 Å². The standard InChI is InChI=1S/C48H54N6O8.C14H18N2/c1-7-52(8-2)42-19-13-36(14-20-42)25-39(28-49)45(56)60-32-48(31-59-35-55,33-61-46(57)40(29-50)26-37-15-21-43(22-16-37)53(9-3)10-4)34-62-47(58)41(30-51)27-38-17-23-44(24-18-38)54(11-5)12-6;1-4-16(5-2)14-8-6-13(7-9-14)10-12(3)11-15/h13-27,35H,7-12,31-34H2,1-6H3;6-10H,4-5H2,1-3H3/b39-25+,40-26+,41-27+;12-10-. The summed E-state index contributed by atoms with van der Waals surface area (Å²) in [6, 6.07) is 37.6. The van der Waals surface area contributed by atoms with E-state index in [1.807, 2.05) is 109 Å². The van der Waals surface area contributed by atoms with E-state index in [9.17, 15) is 35.0 Å². The van der Waals surface area contributed by atoms with Crippen molar-refractivity contribution in [1.29, 1.82) is 21.0 Å². The first-order valence-electron chi connectivity index (χ1n) is 26.1. The lowest BCUT2D eigenvalue weighted by Crippen LogP contribution is -2.43. The molecule has 0 spiro atoms. The van der Waals surface area contributed by atoms with E-state index < -0.39 is 49.8 Å². The summed E-state index contributed by atoms with van der Waals surface area (Å²) in [6.07, 6.45) is 5.92. The largest absolute Gasteiger partial charge is 0.467 e. The lowest BCUT2D eigenvalue weighted by atomic mass is 9.92. The fraction of sp³-hybridized carbons (Fsp3) is 0.355. The predicted molar refractivity (Wildman–Crippen MR) is 307 cm³/mol. The molecule has 0 saturated heterocycles. The predicted octanol–water partition coefficient (Wildman–Crippen LogP) is 10.6. The molecule has 0 aliphatic heterocycles. The van der Waals surface area contributed by atoms with Crippen molar-refractivity contribution in [3.05, 3.63) is 142 Å². The second-order valence-electron chi connectivity index (χ2n) is 17.6. The molecule has 0 amide bonds. The summed E-state index contributed by atoms with van der Waals surface area (Å²) < 4.78 is 21.8. The minimum atomic E-state index is -1.77. The molecule has 4 rings (SSSR count). The van der Waals surface area contributed by atoms with E-state index in [0.29, 0.717) is 16.7 Å². The number of esters is 3. The van der Waals surface area contributed by atoms with Gasteiger partial charge in [-0.1, -0.05) is 48.5 Å². The average molecular weight is 1060 g/mol. The molecule has 0 bridgehead atoms. The first-order valence-corrected chi connectivity index (χ1v) is 26.1. The zero-order valence-corrected chi connectivity index (χ0v) is 46.5. The van der Waals surface area contributed by atoms with Gasteiger partial charge >= 0.3 is 17.9 Å². The van der Waals surface area contributed by atoms with Crippen molar-refractivity contribution in [3.63, 3.8) is 0 Å². The van der Waals surface area contributed by atoms with Gasteiger partial charge in [0.1, 0.15) is 66.8 Å². The van der Waals surface area contributed by atoms with Crippen molar-refractivity contribution in [3.8, 4) is 24.3 Å². The molecule has 0 heterocycles. The molecule has 0 saturated carbocycles. The van der Waals surface area contributed by atoms with Crippen LogP contribution in [0, 0.1) is 50.7 Å². The Morgan fingerprint density at radius 1 is 0.410 bits per heavy atom. The van der Waals surface area contributed by atoms with Crippen LogP contribution in [0.3, 0.4) is 0 Å². The first-order chi connectivity index (χ1) is 37.7. The van der Waals surface area contributed by atoms with Crippen LogP contribution in [0.5, 0.6) is 0 Å². The number of carbonyl (C=O) groups excluding carboxylic acids is 4. The Morgan fingerprint density at radius 3 is 0.859 bits per heavy atom. The molecule has 0 N–H and O–H groups in total. The van der Waals surface area contributed by atoms with E-state index >= 15 is 0 Å². The third-order valence-electron chi connectivity index (χ3n) is 12.6. The van der Waals surface area contributed by atoms with Crippen molar-refractivity contribution >= 4 is 71.4 Å². The maximum Gasteiger partial charge on any atom is 0.348 e. The molecule has 16 nitrogen and oxygen atoms in total. The summed E-state index contributed by atoms with van der Waals surface area (Å²) >= 11 is 0. The van der Waals surface area contributed by atoms with Crippen LogP contribution < -0.4 is 19.6 Å². The third-order valence-corrected chi connectivity index (χ3v) is 12.6. The molecule has 0 aliphatic carbocycles. The van der Waals surface area contributed by atoms with Crippen LogP contribution in [-0.2, 0) is 38.1 Å². The highest BCUT2D eigenvalue weighted by Gasteiger charge is 2.38. The summed E-state index contributed by atoms with van der Waals surface area (Å²) in [7, 11) is 0. The quantitative estimate of drug-likeness (QED) is 0.0170. The van der Waals surface area contributed by atoms with E-state index in [1.165, 1.54) is 23.9 Å². The van der Waals surface area contributed by atoms with Gasteiger partial charge in [0.2, 0.25) is 0 Å². The van der Waals surface area contributed by atoms with Crippen LogP contribution in [0.4, 0.5) is 22.7 Å². The van der Waals surface area contributed by atoms with Gasteiger partial charge in [-0.2, -0.15) is 21.0 Å². The summed E-state index contributed by atoms with van der Waals surface area (Å²) in [5, 5.41) is 38.5. The van der Waals surface area contributed by atoms with Gasteiger partial charge in [0.15, 0.2) is 0 Å². The van der Waals surface area contributed by atoms with Crippen LogP contribution in [0.2, 0.25) is 0 Å². The Labute approximate surface area is 460 Å². The number of carbonyl (C=O) groups is 4. The molecule has 0 aromatic heterocycles. The Kier molecular flexibility index (Phi) is 27.3. The SMILES string of the molecule is CCN(CC)c1ccc(/C=C(/C)C#N)cc1.CCN(CC)c1ccc(/C=C(\C#N)C(=O)OCC(COC=O)(COC(=O)/C(C#N)=C/c2ccc(N(CC)CC)cc2)COC(=O)/C(C#N)=C/c2ccc(N(CC)CC)cc2)cc1. The van der Waals surface area contributed by atoms with Gasteiger partial charge in [-0.3, -0.25) is 4.79 Å². The van der Waals surface area contributed by atoms with Gasteiger partial charge in [-0.05, 0) is 157 Å². The van der Waals surface area contributed by atoms with Crippen LogP contribution in [0.25, 0.3) is 24.3 Å². The zero-order valence-electron chi connectivity index (χ0n) is 46.5. The fourth-order valence-electron chi connectivity index (χ4n) is 8.02. The van der Waals surface area contributed by atoms with Gasteiger partial charge in [-0.15, -0.1) is 0 Å². The highest BCUT2D eigenvalue weighted by atomic mass is 16.6. The number of ether oxygens (including phenoxy) is 4. The maximum atomic E-state index is 13.4. The molecule has 4 aromatic rings. The van der Waals surface area contributed by atoms with Crippen LogP contribution in [0.15, 0.2) is 119 Å². The second kappa shape index (κ2) is 33.7. The van der Waals surface area contributed by atoms with Crippen molar-refractivity contribution in [2.45, 2.75) is 62.3 Å². The van der Waals surface area contributed by atoms with Crippen molar-refractivity contribution in [2.75, 3.05) is 98.4 Å². The number of nitrogens with zero attached hydrogens (tertiary/aromatic N) is 8. The normalized spacial score (nSPS) is 11.4. The van der Waals surface area contributed by atoms with E-state index in [-0.39, 0.29) is 23.2 Å². The number of hydrogen-bond acceptors (Lipinski definition) is 16. The van der Waals surface area contributed by atoms with E-state index in [4.69, 9.17) is 24.2 Å². The van der Waals surface area contributed by atoms with E-state index in [2.05, 4.69) is 63.8 Å². The van der Waals surface area contributed by atoms with Gasteiger partial charge in [-0.25, -0.2) is 14.4 Å². The molecular weight excluding hydrogens is 985 g/mol. The highest BCUT2D eigenvalue weighted by Crippen LogP contribution is 2.26. The fourth-order valence-corrected chi connectivity index (χ4v) is 8.02. The second-order valence-corrected chi connectivity index (χ2v) is 17.6. The number of rotatable bonds is 28. The summed E-state index contributed by atoms with van der Waals surface area (Å²) in [5.74, 6) is -3.19. The molecule has 0 unspecified atom stereocenters. The lowest BCUT2D eigenvalue weighted by molar-refractivity contribution is -0.162. The minimum Gasteiger partial charge on any atom is -0.467 e. The third kappa shape index (κ3) is 19.5. The molecule has 78 heavy (non-hydrogen) atoms. The molecule has 16 heteroatoms. The smallest absolute Gasteiger partial charge is 0.348 e. The number of anilines is 4. The monoisotopic (exact) mass is 1060 g/mol. The highest BCUT2D eigenvalue weighted by molar-refractivity contribution is 5.99.